The van der Waals surface area contributed by atoms with E-state index in [4.69, 9.17) is 9.47 Å². The number of hydrogen-bond acceptors (Lipinski definition) is 5. The van der Waals surface area contributed by atoms with Crippen LogP contribution in [-0.2, 0) is 11.4 Å². The zero-order chi connectivity index (χ0) is 21.8. The number of benzene rings is 3. The predicted molar refractivity (Wildman–Crippen MR) is 128 cm³/mol. The number of rotatable bonds is 6. The summed E-state index contributed by atoms with van der Waals surface area (Å²) < 4.78 is 11.9. The third-order valence-corrected chi connectivity index (χ3v) is 6.12. The SMILES string of the molecule is CCOc1cc(/C=C2\SC(=NC)N(C)C2=O)ccc1OCc1ccc2ccccc2c1. The van der Waals surface area contributed by atoms with Gasteiger partial charge in [0.25, 0.3) is 5.91 Å². The molecule has 0 radical (unpaired) electrons. The maximum Gasteiger partial charge on any atom is 0.266 e. The zero-order valence-electron chi connectivity index (χ0n) is 17.8. The number of aliphatic imine (C=N–C) groups is 1. The van der Waals surface area contributed by atoms with Crippen molar-refractivity contribution in [1.82, 2.24) is 4.90 Å². The second-order valence-electron chi connectivity index (χ2n) is 7.09. The fourth-order valence-electron chi connectivity index (χ4n) is 3.39. The highest BCUT2D eigenvalue weighted by Gasteiger charge is 2.29. The first-order valence-electron chi connectivity index (χ1n) is 10.1. The van der Waals surface area contributed by atoms with Crippen LogP contribution in [0.3, 0.4) is 0 Å². The lowest BCUT2D eigenvalue weighted by molar-refractivity contribution is -0.121. The average molecular weight is 433 g/mol. The van der Waals surface area contributed by atoms with Gasteiger partial charge in [-0.05, 0) is 64.9 Å². The monoisotopic (exact) mass is 432 g/mol. The van der Waals surface area contributed by atoms with Gasteiger partial charge in [-0.1, -0.05) is 42.5 Å². The first kappa shape index (κ1) is 21.0. The number of carbonyl (C=O) groups is 1. The summed E-state index contributed by atoms with van der Waals surface area (Å²) in [5.74, 6) is 1.28. The van der Waals surface area contributed by atoms with E-state index in [0.29, 0.717) is 34.8 Å². The van der Waals surface area contributed by atoms with E-state index in [1.54, 1.807) is 19.0 Å². The number of nitrogens with zero attached hydrogens (tertiary/aromatic N) is 2. The minimum atomic E-state index is -0.0554. The van der Waals surface area contributed by atoms with Crippen molar-refractivity contribution in [3.63, 3.8) is 0 Å². The van der Waals surface area contributed by atoms with Crippen LogP contribution in [0.25, 0.3) is 16.8 Å². The minimum Gasteiger partial charge on any atom is -0.490 e. The van der Waals surface area contributed by atoms with Crippen molar-refractivity contribution in [2.75, 3.05) is 20.7 Å². The molecule has 0 aromatic heterocycles. The quantitative estimate of drug-likeness (QED) is 0.493. The molecule has 31 heavy (non-hydrogen) atoms. The Hall–Kier alpha value is -3.25. The number of thioether (sulfide) groups is 1. The van der Waals surface area contributed by atoms with Crippen LogP contribution in [-0.4, -0.2) is 36.7 Å². The van der Waals surface area contributed by atoms with Crippen molar-refractivity contribution < 1.29 is 14.3 Å². The highest BCUT2D eigenvalue weighted by molar-refractivity contribution is 8.18. The van der Waals surface area contributed by atoms with Crippen LogP contribution in [0, 0.1) is 0 Å². The summed E-state index contributed by atoms with van der Waals surface area (Å²) >= 11 is 1.37. The second-order valence-corrected chi connectivity index (χ2v) is 8.10. The molecule has 3 aromatic rings. The van der Waals surface area contributed by atoms with Crippen molar-refractivity contribution in [2.45, 2.75) is 13.5 Å². The van der Waals surface area contributed by atoms with Crippen LogP contribution in [0.1, 0.15) is 18.1 Å². The van der Waals surface area contributed by atoms with Crippen molar-refractivity contribution in [2.24, 2.45) is 4.99 Å². The van der Waals surface area contributed by atoms with Gasteiger partial charge in [0.2, 0.25) is 0 Å². The molecule has 6 heteroatoms. The minimum absolute atomic E-state index is 0.0554. The van der Waals surface area contributed by atoms with Gasteiger partial charge in [0, 0.05) is 14.1 Å². The molecule has 1 aliphatic rings. The van der Waals surface area contributed by atoms with E-state index in [-0.39, 0.29) is 5.91 Å². The lowest BCUT2D eigenvalue weighted by Gasteiger charge is -2.13. The first-order valence-corrected chi connectivity index (χ1v) is 10.9. The summed E-state index contributed by atoms with van der Waals surface area (Å²) in [6.07, 6.45) is 1.86. The molecule has 1 fully saturated rings. The fraction of sp³-hybridized carbons (Fsp3) is 0.200. The van der Waals surface area contributed by atoms with E-state index in [0.717, 1.165) is 11.1 Å². The van der Waals surface area contributed by atoms with Crippen LogP contribution < -0.4 is 9.47 Å². The van der Waals surface area contributed by atoms with E-state index in [1.165, 1.54) is 22.5 Å². The Kier molecular flexibility index (Phi) is 6.28. The molecule has 158 valence electrons. The standard InChI is InChI=1S/C25H24N2O3S/c1-4-29-22-14-17(15-23-24(28)27(3)25(26-2)31-23)10-12-21(22)30-16-18-9-11-19-7-5-6-8-20(19)13-18/h5-15H,4,16H2,1-3H3/b23-15-,26-25?. The van der Waals surface area contributed by atoms with E-state index in [2.05, 4.69) is 35.3 Å². The largest absolute Gasteiger partial charge is 0.490 e. The van der Waals surface area contributed by atoms with Crippen LogP contribution in [0.5, 0.6) is 11.5 Å². The van der Waals surface area contributed by atoms with Crippen molar-refractivity contribution in [3.8, 4) is 11.5 Å². The first-order chi connectivity index (χ1) is 15.1. The third kappa shape index (κ3) is 4.59. The molecule has 0 atom stereocenters. The topological polar surface area (TPSA) is 51.1 Å². The number of amides is 1. The average Bonchev–Trinajstić information content (AvgIpc) is 3.06. The fourth-order valence-corrected chi connectivity index (χ4v) is 4.32. The maximum atomic E-state index is 12.4. The molecule has 3 aromatic carbocycles. The number of carbonyl (C=O) groups excluding carboxylic acids is 1. The molecule has 1 aliphatic heterocycles. The van der Waals surface area contributed by atoms with Gasteiger partial charge < -0.3 is 9.47 Å². The molecule has 0 saturated carbocycles. The normalized spacial score (nSPS) is 16.5. The molecule has 0 spiro atoms. The number of likely N-dealkylation sites (N-methyl/N-ethyl adjacent to an activating group) is 1. The molecule has 5 nitrogen and oxygen atoms in total. The third-order valence-electron chi connectivity index (χ3n) is 4.97. The van der Waals surface area contributed by atoms with Gasteiger partial charge in [-0.3, -0.25) is 14.7 Å². The van der Waals surface area contributed by atoms with Gasteiger partial charge in [-0.15, -0.1) is 0 Å². The Balaban J connectivity index is 1.54. The summed E-state index contributed by atoms with van der Waals surface area (Å²) in [6.45, 7) is 2.91. The Labute approximate surface area is 186 Å². The molecule has 1 heterocycles. The number of hydrogen-bond donors (Lipinski definition) is 0. The number of ether oxygens (including phenoxy) is 2. The summed E-state index contributed by atoms with van der Waals surface area (Å²) in [5.41, 5.74) is 1.97. The van der Waals surface area contributed by atoms with Crippen molar-refractivity contribution in [1.29, 1.82) is 0 Å². The maximum absolute atomic E-state index is 12.4. The van der Waals surface area contributed by atoms with Gasteiger partial charge in [0.15, 0.2) is 16.7 Å². The summed E-state index contributed by atoms with van der Waals surface area (Å²) in [4.78, 5) is 18.7. The molecule has 0 N–H and O–H groups in total. The molecular weight excluding hydrogens is 408 g/mol. The van der Waals surface area contributed by atoms with Crippen LogP contribution >= 0.6 is 11.8 Å². The van der Waals surface area contributed by atoms with Crippen LogP contribution in [0.2, 0.25) is 0 Å². The van der Waals surface area contributed by atoms with Gasteiger partial charge in [0.1, 0.15) is 6.61 Å². The van der Waals surface area contributed by atoms with E-state index in [1.807, 2.05) is 43.3 Å². The van der Waals surface area contributed by atoms with Gasteiger partial charge >= 0.3 is 0 Å². The van der Waals surface area contributed by atoms with E-state index >= 15 is 0 Å². The smallest absolute Gasteiger partial charge is 0.266 e. The van der Waals surface area contributed by atoms with Gasteiger partial charge in [0.05, 0.1) is 11.5 Å². The molecule has 0 unspecified atom stereocenters. The van der Waals surface area contributed by atoms with Crippen LogP contribution in [0.15, 0.2) is 70.6 Å². The summed E-state index contributed by atoms with van der Waals surface area (Å²) in [7, 11) is 3.41. The highest BCUT2D eigenvalue weighted by atomic mass is 32.2. The molecular formula is C25H24N2O3S. The second kappa shape index (κ2) is 9.27. The number of amidine groups is 1. The van der Waals surface area contributed by atoms with E-state index in [9.17, 15) is 4.79 Å². The predicted octanol–water partition coefficient (Wildman–Crippen LogP) is 5.35. The van der Waals surface area contributed by atoms with Gasteiger partial charge in [-0.2, -0.15) is 0 Å². The van der Waals surface area contributed by atoms with Gasteiger partial charge in [-0.25, -0.2) is 0 Å². The van der Waals surface area contributed by atoms with E-state index < -0.39 is 0 Å². The molecule has 1 amide bonds. The molecule has 0 bridgehead atoms. The molecule has 1 saturated heterocycles. The number of fused-ring (bicyclic) bond motifs is 1. The summed E-state index contributed by atoms with van der Waals surface area (Å²) in [6, 6.07) is 20.3. The Morgan fingerprint density at radius 1 is 1.00 bits per heavy atom. The van der Waals surface area contributed by atoms with Crippen molar-refractivity contribution in [3.05, 3.63) is 76.7 Å². The molecule has 0 aliphatic carbocycles. The Bertz CT molecular complexity index is 1190. The zero-order valence-corrected chi connectivity index (χ0v) is 18.6. The Morgan fingerprint density at radius 3 is 2.55 bits per heavy atom. The summed E-state index contributed by atoms with van der Waals surface area (Å²) in [5, 5.41) is 3.09. The molecule has 4 rings (SSSR count). The lowest BCUT2D eigenvalue weighted by Crippen LogP contribution is -2.23. The highest BCUT2D eigenvalue weighted by Crippen LogP contribution is 2.34. The van der Waals surface area contributed by atoms with Crippen molar-refractivity contribution >= 4 is 39.7 Å². The Morgan fingerprint density at radius 2 is 1.81 bits per heavy atom. The lowest BCUT2D eigenvalue weighted by atomic mass is 10.1. The van der Waals surface area contributed by atoms with Crippen LogP contribution in [0.4, 0.5) is 0 Å².